The summed E-state index contributed by atoms with van der Waals surface area (Å²) in [6.07, 6.45) is 7.84. The van der Waals surface area contributed by atoms with Crippen molar-refractivity contribution < 1.29 is 0 Å². The van der Waals surface area contributed by atoms with E-state index in [0.29, 0.717) is 0 Å². The smallest absolute Gasteiger partial charge is 0.114 e. The molecule has 1 aromatic carbocycles. The van der Waals surface area contributed by atoms with Crippen LogP contribution in [-0.2, 0) is 5.41 Å². The van der Waals surface area contributed by atoms with Crippen LogP contribution in [0.4, 0.5) is 5.69 Å². The number of nitrogens with zero attached hydrogens (tertiary/aromatic N) is 2. The van der Waals surface area contributed by atoms with Crippen LogP contribution in [0.15, 0.2) is 27.7 Å². The van der Waals surface area contributed by atoms with E-state index in [1.54, 1.807) is 0 Å². The van der Waals surface area contributed by atoms with Gasteiger partial charge in [-0.2, -0.15) is 0 Å². The molecule has 0 N–H and O–H groups in total. The van der Waals surface area contributed by atoms with Crippen molar-refractivity contribution in [1.29, 1.82) is 0 Å². The number of rotatable bonds is 0. The SMILES string of the molecule is Brc1ccc2c(c1)C1(CCCCC1)C1=NCCCN12. The Balaban J connectivity index is 1.93. The fourth-order valence-electron chi connectivity index (χ4n) is 4.14. The summed E-state index contributed by atoms with van der Waals surface area (Å²) in [6.45, 7) is 2.16. The number of anilines is 1. The van der Waals surface area contributed by atoms with Crippen molar-refractivity contribution in [2.24, 2.45) is 4.99 Å². The predicted molar refractivity (Wildman–Crippen MR) is 83.2 cm³/mol. The van der Waals surface area contributed by atoms with Gasteiger partial charge in [-0.15, -0.1) is 0 Å². The lowest BCUT2D eigenvalue weighted by Crippen LogP contribution is -2.44. The average Bonchev–Trinajstić information content (AvgIpc) is 2.71. The van der Waals surface area contributed by atoms with Crippen LogP contribution in [0.2, 0.25) is 0 Å². The third kappa shape index (κ3) is 1.63. The lowest BCUT2D eigenvalue weighted by Gasteiger charge is -2.37. The molecule has 1 aliphatic carbocycles. The summed E-state index contributed by atoms with van der Waals surface area (Å²) in [5, 5.41) is 0. The molecule has 0 atom stereocenters. The highest BCUT2D eigenvalue weighted by Crippen LogP contribution is 2.51. The Morgan fingerprint density at radius 3 is 2.79 bits per heavy atom. The molecule has 100 valence electrons. The van der Waals surface area contributed by atoms with Gasteiger partial charge in [0.25, 0.3) is 0 Å². The highest BCUT2D eigenvalue weighted by molar-refractivity contribution is 9.10. The molecule has 0 saturated heterocycles. The first-order valence-corrected chi connectivity index (χ1v) is 8.23. The summed E-state index contributed by atoms with van der Waals surface area (Å²) in [5.41, 5.74) is 3.18. The number of aliphatic imine (C=N–C) groups is 1. The van der Waals surface area contributed by atoms with Crippen LogP contribution in [0.25, 0.3) is 0 Å². The van der Waals surface area contributed by atoms with Gasteiger partial charge in [0.2, 0.25) is 0 Å². The number of amidine groups is 1. The van der Waals surface area contributed by atoms with Crippen LogP contribution in [0.5, 0.6) is 0 Å². The van der Waals surface area contributed by atoms with E-state index < -0.39 is 0 Å². The van der Waals surface area contributed by atoms with Gasteiger partial charge in [0, 0.05) is 23.2 Å². The van der Waals surface area contributed by atoms with E-state index in [1.165, 1.54) is 60.1 Å². The van der Waals surface area contributed by atoms with Crippen molar-refractivity contribution in [3.05, 3.63) is 28.2 Å². The molecule has 0 amide bonds. The van der Waals surface area contributed by atoms with Crippen LogP contribution in [-0.4, -0.2) is 18.9 Å². The molecule has 3 aliphatic rings. The number of fused-ring (bicyclic) bond motifs is 5. The molecule has 0 bridgehead atoms. The Labute approximate surface area is 123 Å². The van der Waals surface area contributed by atoms with Crippen LogP contribution in [0.3, 0.4) is 0 Å². The highest BCUT2D eigenvalue weighted by atomic mass is 79.9. The molecule has 0 aromatic heterocycles. The monoisotopic (exact) mass is 318 g/mol. The Hall–Kier alpha value is -0.830. The molecule has 1 aromatic rings. The molecular weight excluding hydrogens is 300 g/mol. The Morgan fingerprint density at radius 1 is 1.11 bits per heavy atom. The van der Waals surface area contributed by atoms with Gasteiger partial charge in [-0.05, 0) is 43.0 Å². The number of hydrogen-bond acceptors (Lipinski definition) is 2. The molecule has 1 fully saturated rings. The lowest BCUT2D eigenvalue weighted by atomic mass is 9.70. The van der Waals surface area contributed by atoms with E-state index in [0.717, 1.165) is 13.1 Å². The van der Waals surface area contributed by atoms with E-state index in [2.05, 4.69) is 39.0 Å². The van der Waals surface area contributed by atoms with Crippen molar-refractivity contribution >= 4 is 27.5 Å². The minimum atomic E-state index is 0.234. The highest BCUT2D eigenvalue weighted by Gasteiger charge is 2.49. The molecule has 1 saturated carbocycles. The second-order valence-electron chi connectivity index (χ2n) is 6.01. The van der Waals surface area contributed by atoms with Gasteiger partial charge < -0.3 is 4.90 Å². The third-order valence-corrected chi connectivity index (χ3v) is 5.45. The van der Waals surface area contributed by atoms with Gasteiger partial charge in [0.15, 0.2) is 0 Å². The molecule has 0 radical (unpaired) electrons. The van der Waals surface area contributed by atoms with E-state index >= 15 is 0 Å². The number of benzene rings is 1. The topological polar surface area (TPSA) is 15.6 Å². The Kier molecular flexibility index (Phi) is 2.73. The Bertz CT molecular complexity index is 544. The van der Waals surface area contributed by atoms with E-state index in [9.17, 15) is 0 Å². The molecule has 2 nitrogen and oxygen atoms in total. The third-order valence-electron chi connectivity index (χ3n) is 4.96. The fraction of sp³-hybridized carbons (Fsp3) is 0.562. The fourth-order valence-corrected chi connectivity index (χ4v) is 4.51. The average molecular weight is 319 g/mol. The van der Waals surface area contributed by atoms with E-state index in [-0.39, 0.29) is 5.41 Å². The molecule has 2 aliphatic heterocycles. The summed E-state index contributed by atoms with van der Waals surface area (Å²) in [5.74, 6) is 1.38. The Morgan fingerprint density at radius 2 is 1.95 bits per heavy atom. The minimum Gasteiger partial charge on any atom is -0.329 e. The van der Waals surface area contributed by atoms with Crippen LogP contribution in [0.1, 0.15) is 44.1 Å². The number of hydrogen-bond donors (Lipinski definition) is 0. The zero-order valence-electron chi connectivity index (χ0n) is 11.2. The first kappa shape index (κ1) is 12.0. The molecular formula is C16H19BrN2. The van der Waals surface area contributed by atoms with Crippen LogP contribution >= 0.6 is 15.9 Å². The van der Waals surface area contributed by atoms with Gasteiger partial charge in [0.1, 0.15) is 5.84 Å². The van der Waals surface area contributed by atoms with Gasteiger partial charge in [-0.25, -0.2) is 0 Å². The minimum absolute atomic E-state index is 0.234. The summed E-state index contributed by atoms with van der Waals surface area (Å²) in [6, 6.07) is 6.80. The maximum Gasteiger partial charge on any atom is 0.114 e. The largest absolute Gasteiger partial charge is 0.329 e. The molecule has 19 heavy (non-hydrogen) atoms. The van der Waals surface area contributed by atoms with E-state index in [1.807, 2.05) is 0 Å². The summed E-state index contributed by atoms with van der Waals surface area (Å²) < 4.78 is 1.21. The zero-order valence-corrected chi connectivity index (χ0v) is 12.7. The normalized spacial score (nSPS) is 24.1. The van der Waals surface area contributed by atoms with Crippen molar-refractivity contribution in [3.63, 3.8) is 0 Å². The standard InChI is InChI=1S/C16H19BrN2/c17-12-5-6-14-13(11-12)16(7-2-1-3-8-16)15-18-9-4-10-19(14)15/h5-6,11H,1-4,7-10H2. The molecule has 4 rings (SSSR count). The van der Waals surface area contributed by atoms with Crippen LogP contribution < -0.4 is 4.90 Å². The summed E-state index contributed by atoms with van der Waals surface area (Å²) in [4.78, 5) is 7.44. The molecule has 1 spiro atoms. The predicted octanol–water partition coefficient (Wildman–Crippen LogP) is 4.27. The van der Waals surface area contributed by atoms with E-state index in [4.69, 9.17) is 4.99 Å². The maximum atomic E-state index is 4.94. The van der Waals surface area contributed by atoms with Crippen molar-refractivity contribution in [3.8, 4) is 0 Å². The van der Waals surface area contributed by atoms with Gasteiger partial charge >= 0.3 is 0 Å². The van der Waals surface area contributed by atoms with Gasteiger partial charge in [-0.3, -0.25) is 4.99 Å². The lowest BCUT2D eigenvalue weighted by molar-refractivity contribution is 0.382. The molecule has 2 heterocycles. The first-order valence-electron chi connectivity index (χ1n) is 7.44. The quantitative estimate of drug-likeness (QED) is 0.697. The maximum absolute atomic E-state index is 4.94. The first-order chi connectivity index (χ1) is 9.31. The summed E-state index contributed by atoms with van der Waals surface area (Å²) >= 11 is 3.66. The number of halogens is 1. The summed E-state index contributed by atoms with van der Waals surface area (Å²) in [7, 11) is 0. The molecule has 3 heteroatoms. The van der Waals surface area contributed by atoms with Gasteiger partial charge in [0.05, 0.1) is 5.41 Å². The van der Waals surface area contributed by atoms with Crippen molar-refractivity contribution in [2.45, 2.75) is 43.9 Å². The van der Waals surface area contributed by atoms with Crippen LogP contribution in [0, 0.1) is 0 Å². The zero-order chi connectivity index (χ0) is 12.9. The van der Waals surface area contributed by atoms with Crippen molar-refractivity contribution in [2.75, 3.05) is 18.0 Å². The second-order valence-corrected chi connectivity index (χ2v) is 6.93. The van der Waals surface area contributed by atoms with Gasteiger partial charge in [-0.1, -0.05) is 35.2 Å². The second kappa shape index (κ2) is 4.34. The molecule has 0 unspecified atom stereocenters. The van der Waals surface area contributed by atoms with Crippen molar-refractivity contribution in [1.82, 2.24) is 0 Å².